The van der Waals surface area contributed by atoms with Crippen molar-refractivity contribution in [1.82, 2.24) is 0 Å². The minimum Gasteiger partial charge on any atom is -0.375 e. The maximum absolute atomic E-state index is 12.9. The number of ether oxygens (including phenoxy) is 4. The first-order valence-corrected chi connectivity index (χ1v) is 24.2. The Morgan fingerprint density at radius 1 is 0.456 bits per heavy atom. The highest BCUT2D eigenvalue weighted by molar-refractivity contribution is 5.86. The lowest BCUT2D eigenvalue weighted by Crippen LogP contribution is -2.37. The monoisotopic (exact) mass is 805 g/mol. The number of carbonyl (C=O) groups is 2. The van der Waals surface area contributed by atoms with Gasteiger partial charge in [-0.15, -0.1) is 0 Å². The first-order chi connectivity index (χ1) is 27.2. The molecule has 2 atom stereocenters. The molecule has 0 aliphatic carbocycles. The second-order valence-electron chi connectivity index (χ2n) is 18.3. The molecule has 0 aromatic carbocycles. The molecule has 0 heterocycles. The van der Waals surface area contributed by atoms with E-state index in [0.29, 0.717) is 44.7 Å². The van der Waals surface area contributed by atoms with Gasteiger partial charge in [-0.2, -0.15) is 0 Å². The number of carbonyl (C=O) groups excluding carboxylic acids is 2. The summed E-state index contributed by atoms with van der Waals surface area (Å²) in [6.07, 6.45) is 40.4. The molecular weight excluding hydrogens is 709 g/mol. The Hall–Kier alpha value is -1.34. The smallest absolute Gasteiger partial charge is 0.164 e. The molecule has 0 saturated heterocycles. The van der Waals surface area contributed by atoms with Crippen molar-refractivity contribution in [2.75, 3.05) is 13.2 Å². The molecule has 336 valence electrons. The zero-order chi connectivity index (χ0) is 42.6. The second kappa shape index (κ2) is 36.5. The van der Waals surface area contributed by atoms with E-state index in [9.17, 15) is 9.59 Å². The molecule has 0 amide bonds. The van der Waals surface area contributed by atoms with Crippen LogP contribution in [0.25, 0.3) is 0 Å². The number of hydrogen-bond donors (Lipinski definition) is 0. The third kappa shape index (κ3) is 34.1. The quantitative estimate of drug-likeness (QED) is 0.0452. The predicted molar refractivity (Wildman–Crippen MR) is 244 cm³/mol. The number of unbranched alkanes of at least 4 members (excludes halogenated alkanes) is 16. The van der Waals surface area contributed by atoms with Gasteiger partial charge in [0.05, 0.1) is 37.6 Å². The van der Waals surface area contributed by atoms with Gasteiger partial charge in [0.2, 0.25) is 0 Å². The van der Waals surface area contributed by atoms with Crippen molar-refractivity contribution < 1.29 is 28.5 Å². The zero-order valence-corrected chi connectivity index (χ0v) is 39.6. The number of ketones is 2. The van der Waals surface area contributed by atoms with Crippen LogP contribution in [-0.4, -0.2) is 60.4 Å². The summed E-state index contributed by atoms with van der Waals surface area (Å²) in [6, 6.07) is 0. The van der Waals surface area contributed by atoms with E-state index >= 15 is 0 Å². The fourth-order valence-electron chi connectivity index (χ4n) is 7.21. The van der Waals surface area contributed by atoms with Crippen LogP contribution in [0.4, 0.5) is 0 Å². The first kappa shape index (κ1) is 55.7. The van der Waals surface area contributed by atoms with Crippen LogP contribution in [-0.2, 0) is 28.5 Å². The van der Waals surface area contributed by atoms with Gasteiger partial charge in [0, 0.05) is 12.8 Å². The van der Waals surface area contributed by atoms with E-state index in [1.807, 2.05) is 27.7 Å². The van der Waals surface area contributed by atoms with Crippen LogP contribution in [0.15, 0.2) is 24.3 Å². The summed E-state index contributed by atoms with van der Waals surface area (Å²) in [6.45, 7) is 21.5. The van der Waals surface area contributed by atoms with Crippen LogP contribution in [0.1, 0.15) is 243 Å². The van der Waals surface area contributed by atoms with Gasteiger partial charge in [-0.3, -0.25) is 9.59 Å². The minimum atomic E-state index is -0.793. The lowest BCUT2D eigenvalue weighted by Gasteiger charge is -2.26. The largest absolute Gasteiger partial charge is 0.375 e. The van der Waals surface area contributed by atoms with Crippen molar-refractivity contribution in [3.05, 3.63) is 24.3 Å². The van der Waals surface area contributed by atoms with E-state index in [2.05, 4.69) is 65.8 Å². The van der Waals surface area contributed by atoms with Gasteiger partial charge in [0.25, 0.3) is 0 Å². The molecule has 0 fully saturated rings. The van der Waals surface area contributed by atoms with Crippen LogP contribution < -0.4 is 0 Å². The Balaban J connectivity index is 4.02. The molecule has 6 nitrogen and oxygen atoms in total. The summed E-state index contributed by atoms with van der Waals surface area (Å²) in [5.41, 5.74) is -1.59. The van der Waals surface area contributed by atoms with Gasteiger partial charge in [-0.1, -0.05) is 128 Å². The van der Waals surface area contributed by atoms with Crippen LogP contribution in [0.2, 0.25) is 0 Å². The van der Waals surface area contributed by atoms with Crippen LogP contribution in [0.3, 0.4) is 0 Å². The molecule has 0 rings (SSSR count). The van der Waals surface area contributed by atoms with Crippen molar-refractivity contribution in [2.24, 2.45) is 0 Å². The van der Waals surface area contributed by atoms with E-state index in [-0.39, 0.29) is 23.8 Å². The number of Topliss-reactive ketones (excluding diaryl/α,β-unsaturated/α-hetero) is 2. The van der Waals surface area contributed by atoms with E-state index in [1.54, 1.807) is 0 Å². The number of rotatable bonds is 42. The summed E-state index contributed by atoms with van der Waals surface area (Å²) in [7, 11) is 0. The third-order valence-electron chi connectivity index (χ3n) is 10.9. The average molecular weight is 805 g/mol. The summed E-state index contributed by atoms with van der Waals surface area (Å²) in [4.78, 5) is 25.8. The third-order valence-corrected chi connectivity index (χ3v) is 10.9. The van der Waals surface area contributed by atoms with Crippen molar-refractivity contribution in [2.45, 2.75) is 278 Å². The lowest BCUT2D eigenvalue weighted by molar-refractivity contribution is -0.144. The van der Waals surface area contributed by atoms with Crippen molar-refractivity contribution >= 4 is 11.6 Å². The Morgan fingerprint density at radius 3 is 1.18 bits per heavy atom. The molecule has 2 unspecified atom stereocenters. The molecule has 6 heteroatoms. The second-order valence-corrected chi connectivity index (χ2v) is 18.3. The Labute approximate surface area is 354 Å². The molecule has 0 bridgehead atoms. The van der Waals surface area contributed by atoms with E-state index in [4.69, 9.17) is 18.9 Å². The maximum Gasteiger partial charge on any atom is 0.164 e. The fourth-order valence-corrected chi connectivity index (χ4v) is 7.21. The Bertz CT molecular complexity index is 918. The van der Waals surface area contributed by atoms with Crippen molar-refractivity contribution in [1.29, 1.82) is 0 Å². The Kier molecular flexibility index (Phi) is 35.6. The first-order valence-electron chi connectivity index (χ1n) is 24.2. The summed E-state index contributed by atoms with van der Waals surface area (Å²) >= 11 is 0. The average Bonchev–Trinajstić information content (AvgIpc) is 3.15. The SMILES string of the molecule is CCCCCCC(CC=CCCCCCCCC(=O)C(C)(C)OCCCOC(C)(C)C(=O)CCCCCCCC=CCC(CCCCCC)OC(C)C)OC(C)C. The summed E-state index contributed by atoms with van der Waals surface area (Å²) in [5, 5.41) is 0. The summed E-state index contributed by atoms with van der Waals surface area (Å²) < 4.78 is 24.3. The predicted octanol–water partition coefficient (Wildman–Crippen LogP) is 15.0. The highest BCUT2D eigenvalue weighted by Crippen LogP contribution is 2.20. The molecule has 57 heavy (non-hydrogen) atoms. The minimum absolute atomic E-state index is 0.167. The van der Waals surface area contributed by atoms with Gasteiger partial charge >= 0.3 is 0 Å². The molecule has 0 aromatic rings. The van der Waals surface area contributed by atoms with Gasteiger partial charge in [-0.25, -0.2) is 0 Å². The van der Waals surface area contributed by atoms with Crippen molar-refractivity contribution in [3.8, 4) is 0 Å². The maximum atomic E-state index is 12.9. The molecule has 0 aliphatic heterocycles. The highest BCUT2D eigenvalue weighted by atomic mass is 16.5. The van der Waals surface area contributed by atoms with Gasteiger partial charge in [0.15, 0.2) is 11.6 Å². The molecule has 0 saturated carbocycles. The van der Waals surface area contributed by atoms with Gasteiger partial charge in [-0.05, 0) is 126 Å². The fraction of sp³-hybridized carbons (Fsp3) is 0.882. The van der Waals surface area contributed by atoms with Gasteiger partial charge < -0.3 is 18.9 Å². The van der Waals surface area contributed by atoms with Gasteiger partial charge in [0.1, 0.15) is 11.2 Å². The molecule has 0 spiro atoms. The molecule has 0 aliphatic rings. The number of hydrogen-bond acceptors (Lipinski definition) is 6. The zero-order valence-electron chi connectivity index (χ0n) is 39.6. The summed E-state index contributed by atoms with van der Waals surface area (Å²) in [5.74, 6) is 0.333. The van der Waals surface area contributed by atoms with Crippen molar-refractivity contribution in [3.63, 3.8) is 0 Å². The molecule has 0 aromatic heterocycles. The van der Waals surface area contributed by atoms with E-state index in [0.717, 1.165) is 77.0 Å². The highest BCUT2D eigenvalue weighted by Gasteiger charge is 2.29. The lowest BCUT2D eigenvalue weighted by atomic mass is 9.97. The topological polar surface area (TPSA) is 71.1 Å². The number of allylic oxidation sites excluding steroid dienone is 2. The molecule has 0 N–H and O–H groups in total. The van der Waals surface area contributed by atoms with E-state index < -0.39 is 11.2 Å². The molecule has 0 radical (unpaired) electrons. The Morgan fingerprint density at radius 2 is 0.807 bits per heavy atom. The van der Waals surface area contributed by atoms with Crippen LogP contribution in [0, 0.1) is 0 Å². The normalized spacial score (nSPS) is 13.8. The van der Waals surface area contributed by atoms with Crippen LogP contribution >= 0.6 is 0 Å². The standard InChI is InChI=1S/C51H96O6/c1-11-13-15-29-36-46(56-44(3)4)38-31-25-21-17-19-23-27-33-40-48(52)50(7,8)54-42-35-43-55-51(9,10)49(53)41-34-28-24-20-18-22-26-32-39-47(57-45(5)6)37-30-16-14-12-2/h25-26,31-32,44-47H,11-24,27-30,33-43H2,1-10H3. The van der Waals surface area contributed by atoms with Crippen LogP contribution in [0.5, 0.6) is 0 Å². The van der Waals surface area contributed by atoms with E-state index in [1.165, 1.54) is 77.0 Å². The molecular formula is C51H96O6.